The van der Waals surface area contributed by atoms with Crippen molar-refractivity contribution in [2.45, 2.75) is 12.5 Å². The van der Waals surface area contributed by atoms with E-state index in [1.165, 1.54) is 18.2 Å². The molecular formula is C21H26N2O2. The lowest BCUT2D eigenvalue weighted by Gasteiger charge is -2.39. The Hall–Kier alpha value is -2.17. The van der Waals surface area contributed by atoms with Gasteiger partial charge in [-0.25, -0.2) is 0 Å². The monoisotopic (exact) mass is 338 g/mol. The highest BCUT2D eigenvalue weighted by atomic mass is 16.5. The molecule has 2 aromatic carbocycles. The van der Waals surface area contributed by atoms with Gasteiger partial charge in [-0.1, -0.05) is 60.7 Å². The van der Waals surface area contributed by atoms with Crippen molar-refractivity contribution < 1.29 is 9.53 Å². The van der Waals surface area contributed by atoms with Crippen molar-refractivity contribution >= 4 is 5.97 Å². The molecule has 25 heavy (non-hydrogen) atoms. The van der Waals surface area contributed by atoms with E-state index in [4.69, 9.17) is 4.74 Å². The minimum absolute atomic E-state index is 0.131. The van der Waals surface area contributed by atoms with E-state index in [9.17, 15) is 4.79 Å². The third kappa shape index (κ3) is 4.68. The molecule has 0 radical (unpaired) electrons. The number of ether oxygens (including phenoxy) is 1. The maximum atomic E-state index is 11.3. The first-order valence-electron chi connectivity index (χ1n) is 8.91. The summed E-state index contributed by atoms with van der Waals surface area (Å²) < 4.78 is 4.74. The molecule has 4 nitrogen and oxygen atoms in total. The lowest BCUT2D eigenvalue weighted by Crippen LogP contribution is -2.48. The molecule has 1 aliphatic heterocycles. The SMILES string of the molecule is COC(=O)CCN1CCN(C(c2ccccc2)c2ccccc2)CC1. The van der Waals surface area contributed by atoms with Crippen LogP contribution in [0.1, 0.15) is 23.6 Å². The van der Waals surface area contributed by atoms with E-state index in [2.05, 4.69) is 70.5 Å². The number of hydrogen-bond acceptors (Lipinski definition) is 4. The number of piperazine rings is 1. The van der Waals surface area contributed by atoms with Crippen LogP contribution in [0.2, 0.25) is 0 Å². The van der Waals surface area contributed by atoms with Crippen LogP contribution in [-0.2, 0) is 9.53 Å². The second kappa shape index (κ2) is 8.79. The Bertz CT molecular complexity index is 613. The fraction of sp³-hybridized carbons (Fsp3) is 0.381. The van der Waals surface area contributed by atoms with E-state index < -0.39 is 0 Å². The molecule has 0 aliphatic carbocycles. The molecule has 0 spiro atoms. The van der Waals surface area contributed by atoms with Crippen LogP contribution in [0.4, 0.5) is 0 Å². The topological polar surface area (TPSA) is 32.8 Å². The van der Waals surface area contributed by atoms with Crippen LogP contribution < -0.4 is 0 Å². The largest absolute Gasteiger partial charge is 0.469 e. The highest BCUT2D eigenvalue weighted by molar-refractivity contribution is 5.69. The van der Waals surface area contributed by atoms with Gasteiger partial charge in [0.25, 0.3) is 0 Å². The first-order chi connectivity index (χ1) is 12.3. The first-order valence-corrected chi connectivity index (χ1v) is 8.91. The molecule has 4 heteroatoms. The quantitative estimate of drug-likeness (QED) is 0.758. The predicted molar refractivity (Wildman–Crippen MR) is 99.4 cm³/mol. The maximum Gasteiger partial charge on any atom is 0.306 e. The highest BCUT2D eigenvalue weighted by Gasteiger charge is 2.26. The Labute approximate surface area is 150 Å². The van der Waals surface area contributed by atoms with E-state index in [-0.39, 0.29) is 12.0 Å². The average molecular weight is 338 g/mol. The molecule has 0 unspecified atom stereocenters. The Kier molecular flexibility index (Phi) is 6.20. The number of methoxy groups -OCH3 is 1. The van der Waals surface area contributed by atoms with Crippen molar-refractivity contribution in [3.8, 4) is 0 Å². The fourth-order valence-electron chi connectivity index (χ4n) is 3.48. The van der Waals surface area contributed by atoms with Gasteiger partial charge in [0.1, 0.15) is 0 Å². The van der Waals surface area contributed by atoms with Crippen LogP contribution in [0.5, 0.6) is 0 Å². The molecule has 0 atom stereocenters. The van der Waals surface area contributed by atoms with Crippen molar-refractivity contribution in [1.82, 2.24) is 9.80 Å². The Morgan fingerprint density at radius 1 is 0.920 bits per heavy atom. The van der Waals surface area contributed by atoms with Gasteiger partial charge in [0, 0.05) is 32.7 Å². The molecule has 0 saturated carbocycles. The van der Waals surface area contributed by atoms with Gasteiger partial charge in [0.15, 0.2) is 0 Å². The summed E-state index contributed by atoms with van der Waals surface area (Å²) in [5, 5.41) is 0. The van der Waals surface area contributed by atoms with Crippen LogP contribution in [0.3, 0.4) is 0 Å². The fourth-order valence-corrected chi connectivity index (χ4v) is 3.48. The van der Waals surface area contributed by atoms with E-state index >= 15 is 0 Å². The number of nitrogens with zero attached hydrogens (tertiary/aromatic N) is 2. The van der Waals surface area contributed by atoms with E-state index in [0.29, 0.717) is 6.42 Å². The molecule has 3 rings (SSSR count). The smallest absolute Gasteiger partial charge is 0.306 e. The summed E-state index contributed by atoms with van der Waals surface area (Å²) in [5.41, 5.74) is 2.66. The summed E-state index contributed by atoms with van der Waals surface area (Å²) in [6.07, 6.45) is 0.470. The van der Waals surface area contributed by atoms with Crippen molar-refractivity contribution in [2.24, 2.45) is 0 Å². The van der Waals surface area contributed by atoms with Gasteiger partial charge in [-0.3, -0.25) is 9.69 Å². The number of carbonyl (C=O) groups excluding carboxylic acids is 1. The summed E-state index contributed by atoms with van der Waals surface area (Å²) in [6.45, 7) is 4.73. The molecule has 0 aromatic heterocycles. The molecule has 1 fully saturated rings. The molecule has 132 valence electrons. The Morgan fingerprint density at radius 3 is 1.92 bits per heavy atom. The van der Waals surface area contributed by atoms with Gasteiger partial charge in [0.05, 0.1) is 19.6 Å². The van der Waals surface area contributed by atoms with Gasteiger partial charge >= 0.3 is 5.97 Å². The second-order valence-electron chi connectivity index (χ2n) is 6.43. The summed E-state index contributed by atoms with van der Waals surface area (Å²) in [7, 11) is 1.45. The summed E-state index contributed by atoms with van der Waals surface area (Å²) >= 11 is 0. The van der Waals surface area contributed by atoms with Gasteiger partial charge in [-0.05, 0) is 11.1 Å². The number of carbonyl (C=O) groups is 1. The van der Waals surface area contributed by atoms with E-state index in [1.807, 2.05) is 0 Å². The van der Waals surface area contributed by atoms with Gasteiger partial charge < -0.3 is 9.64 Å². The predicted octanol–water partition coefficient (Wildman–Crippen LogP) is 2.96. The zero-order valence-corrected chi connectivity index (χ0v) is 14.8. The molecule has 0 bridgehead atoms. The van der Waals surface area contributed by atoms with Crippen molar-refractivity contribution in [3.05, 3.63) is 71.8 Å². The third-order valence-electron chi connectivity index (χ3n) is 4.86. The van der Waals surface area contributed by atoms with Crippen molar-refractivity contribution in [3.63, 3.8) is 0 Å². The second-order valence-corrected chi connectivity index (χ2v) is 6.43. The van der Waals surface area contributed by atoms with Crippen LogP contribution in [0, 0.1) is 0 Å². The van der Waals surface area contributed by atoms with Crippen molar-refractivity contribution in [2.75, 3.05) is 39.8 Å². The van der Waals surface area contributed by atoms with E-state index in [0.717, 1.165) is 32.7 Å². The molecule has 2 aromatic rings. The Morgan fingerprint density at radius 2 is 1.44 bits per heavy atom. The van der Waals surface area contributed by atoms with Crippen LogP contribution >= 0.6 is 0 Å². The lowest BCUT2D eigenvalue weighted by molar-refractivity contribution is -0.141. The van der Waals surface area contributed by atoms with Crippen molar-refractivity contribution in [1.29, 1.82) is 0 Å². The van der Waals surface area contributed by atoms with E-state index in [1.54, 1.807) is 0 Å². The zero-order chi connectivity index (χ0) is 17.5. The normalized spacial score (nSPS) is 16.1. The third-order valence-corrected chi connectivity index (χ3v) is 4.86. The number of hydrogen-bond donors (Lipinski definition) is 0. The average Bonchev–Trinajstić information content (AvgIpc) is 2.69. The zero-order valence-electron chi connectivity index (χ0n) is 14.8. The summed E-state index contributed by atoms with van der Waals surface area (Å²) in [5.74, 6) is -0.131. The van der Waals surface area contributed by atoms with Crippen LogP contribution in [0.25, 0.3) is 0 Å². The van der Waals surface area contributed by atoms with Crippen LogP contribution in [-0.4, -0.2) is 55.6 Å². The van der Waals surface area contributed by atoms with Gasteiger partial charge in [-0.2, -0.15) is 0 Å². The number of esters is 1. The molecule has 1 aliphatic rings. The lowest BCUT2D eigenvalue weighted by atomic mass is 9.96. The number of rotatable bonds is 6. The first kappa shape index (κ1) is 17.6. The summed E-state index contributed by atoms with van der Waals surface area (Å²) in [6, 6.07) is 21.7. The van der Waals surface area contributed by atoms with Crippen LogP contribution in [0.15, 0.2) is 60.7 Å². The molecule has 1 saturated heterocycles. The standard InChI is InChI=1S/C21H26N2O2/c1-25-20(24)12-13-22-14-16-23(17-15-22)21(18-8-4-2-5-9-18)19-10-6-3-7-11-19/h2-11,21H,12-17H2,1H3. The Balaban J connectivity index is 1.68. The highest BCUT2D eigenvalue weighted by Crippen LogP contribution is 2.29. The minimum atomic E-state index is -0.131. The molecular weight excluding hydrogens is 312 g/mol. The molecule has 0 amide bonds. The maximum absolute atomic E-state index is 11.3. The van der Waals surface area contributed by atoms with Gasteiger partial charge in [-0.15, -0.1) is 0 Å². The van der Waals surface area contributed by atoms with Gasteiger partial charge in [0.2, 0.25) is 0 Å². The minimum Gasteiger partial charge on any atom is -0.469 e. The molecule has 1 heterocycles. The summed E-state index contributed by atoms with van der Waals surface area (Å²) in [4.78, 5) is 16.2. The molecule has 0 N–H and O–H groups in total. The number of benzene rings is 2.